The molecule has 39 heavy (non-hydrogen) atoms. The molecule has 2 heterocycles. The van der Waals surface area contributed by atoms with Crippen LogP contribution in [-0.4, -0.2) is 79.7 Å². The second-order valence-electron chi connectivity index (χ2n) is 10.2. The topological polar surface area (TPSA) is 88.5 Å². The van der Waals surface area contributed by atoms with Crippen molar-refractivity contribution >= 4 is 29.1 Å². The van der Waals surface area contributed by atoms with Gasteiger partial charge in [0, 0.05) is 36.8 Å². The first-order chi connectivity index (χ1) is 18.8. The van der Waals surface area contributed by atoms with Crippen LogP contribution in [0.25, 0.3) is 5.76 Å². The number of morpholine rings is 1. The van der Waals surface area contributed by atoms with E-state index >= 15 is 0 Å². The summed E-state index contributed by atoms with van der Waals surface area (Å²) in [5.74, 6) is 0.0107. The minimum Gasteiger partial charge on any atom is -0.507 e. The molecule has 2 fully saturated rings. The van der Waals surface area contributed by atoms with E-state index in [9.17, 15) is 14.7 Å². The lowest BCUT2D eigenvalue weighted by Gasteiger charge is -2.29. The van der Waals surface area contributed by atoms with Crippen LogP contribution in [0.1, 0.15) is 43.9 Å². The molecule has 2 aliphatic heterocycles. The van der Waals surface area contributed by atoms with Crippen molar-refractivity contribution in [3.63, 3.8) is 0 Å². The molecule has 2 saturated heterocycles. The van der Waals surface area contributed by atoms with Crippen molar-refractivity contribution in [2.75, 3.05) is 53.1 Å². The fourth-order valence-electron chi connectivity index (χ4n) is 4.89. The maximum absolute atomic E-state index is 13.4. The van der Waals surface area contributed by atoms with Crippen molar-refractivity contribution in [3.05, 3.63) is 64.2 Å². The van der Waals surface area contributed by atoms with Crippen LogP contribution in [0.2, 0.25) is 5.02 Å². The number of aliphatic hydroxyl groups excluding tert-OH is 1. The predicted octanol–water partition coefficient (Wildman–Crippen LogP) is 4.92. The average molecular weight is 557 g/mol. The summed E-state index contributed by atoms with van der Waals surface area (Å²) in [7, 11) is 1.56. The van der Waals surface area contributed by atoms with Crippen molar-refractivity contribution in [2.45, 2.75) is 32.7 Å². The van der Waals surface area contributed by atoms with E-state index in [0.29, 0.717) is 66.4 Å². The number of aliphatic hydroxyl groups is 1. The lowest BCUT2D eigenvalue weighted by molar-refractivity contribution is -0.140. The molecule has 1 atom stereocenters. The largest absolute Gasteiger partial charge is 0.507 e. The number of amides is 1. The smallest absolute Gasteiger partial charge is 0.295 e. The Labute approximate surface area is 235 Å². The Morgan fingerprint density at radius 2 is 1.79 bits per heavy atom. The van der Waals surface area contributed by atoms with Gasteiger partial charge >= 0.3 is 0 Å². The number of ketones is 1. The SMILES string of the molecule is COc1cc(C2/C(=C(/O)c3ccc(Cl)cc3)C(=O)C(=O)N2CCCN2CCOCC2)ccc1OCCC(C)C. The second-order valence-corrected chi connectivity index (χ2v) is 10.7. The van der Waals surface area contributed by atoms with Crippen molar-refractivity contribution in [1.82, 2.24) is 9.80 Å². The van der Waals surface area contributed by atoms with Crippen molar-refractivity contribution < 1.29 is 28.9 Å². The molecule has 4 rings (SSSR count). The number of likely N-dealkylation sites (tertiary alicyclic amines) is 1. The van der Waals surface area contributed by atoms with Crippen LogP contribution in [0.15, 0.2) is 48.0 Å². The number of halogens is 1. The van der Waals surface area contributed by atoms with E-state index in [4.69, 9.17) is 25.8 Å². The molecule has 1 unspecified atom stereocenters. The van der Waals surface area contributed by atoms with Gasteiger partial charge < -0.3 is 24.2 Å². The first-order valence-electron chi connectivity index (χ1n) is 13.4. The third-order valence-corrected chi connectivity index (χ3v) is 7.34. The number of hydrogen-bond donors (Lipinski definition) is 1. The Morgan fingerprint density at radius 1 is 1.08 bits per heavy atom. The zero-order valence-corrected chi connectivity index (χ0v) is 23.6. The highest BCUT2D eigenvalue weighted by molar-refractivity contribution is 6.46. The number of methoxy groups -OCH3 is 1. The van der Waals surface area contributed by atoms with Crippen molar-refractivity contribution in [1.29, 1.82) is 0 Å². The summed E-state index contributed by atoms with van der Waals surface area (Å²) in [5, 5.41) is 11.8. The molecule has 1 amide bonds. The Hall–Kier alpha value is -3.07. The molecule has 9 heteroatoms. The number of carbonyl (C=O) groups excluding carboxylic acids is 2. The highest BCUT2D eigenvalue weighted by Crippen LogP contribution is 2.42. The van der Waals surface area contributed by atoms with Gasteiger partial charge in [-0.25, -0.2) is 0 Å². The number of benzene rings is 2. The van der Waals surface area contributed by atoms with Gasteiger partial charge in [0.25, 0.3) is 11.7 Å². The molecule has 8 nitrogen and oxygen atoms in total. The highest BCUT2D eigenvalue weighted by Gasteiger charge is 2.46. The molecule has 2 aliphatic rings. The van der Waals surface area contributed by atoms with Gasteiger partial charge in [-0.1, -0.05) is 31.5 Å². The fraction of sp³-hybridized carbons (Fsp3) is 0.467. The molecular formula is C30H37ClN2O6. The number of rotatable bonds is 11. The van der Waals surface area contributed by atoms with E-state index in [-0.39, 0.29) is 11.3 Å². The van der Waals surface area contributed by atoms with Crippen molar-refractivity contribution in [3.8, 4) is 11.5 Å². The molecule has 0 aromatic heterocycles. The second kappa shape index (κ2) is 13.3. The fourth-order valence-corrected chi connectivity index (χ4v) is 5.01. The predicted molar refractivity (Wildman–Crippen MR) is 150 cm³/mol. The Bertz CT molecular complexity index is 1190. The molecular weight excluding hydrogens is 520 g/mol. The van der Waals surface area contributed by atoms with Gasteiger partial charge in [-0.05, 0) is 60.7 Å². The molecule has 1 N–H and O–H groups in total. The minimum atomic E-state index is -0.774. The van der Waals surface area contributed by atoms with Gasteiger partial charge in [0.2, 0.25) is 0 Å². The molecule has 0 saturated carbocycles. The highest BCUT2D eigenvalue weighted by atomic mass is 35.5. The molecule has 2 aromatic carbocycles. The monoisotopic (exact) mass is 556 g/mol. The summed E-state index contributed by atoms with van der Waals surface area (Å²) < 4.78 is 17.0. The first kappa shape index (κ1) is 28.9. The standard InChI is InChI=1S/C30H37ClN2O6/c1-20(2)11-16-39-24-10-7-22(19-25(24)37-3)27-26(28(34)21-5-8-23(31)9-6-21)29(35)30(36)33(27)13-4-12-32-14-17-38-18-15-32/h5-10,19-20,27,34H,4,11-18H2,1-3H3/b28-26-. The van der Waals surface area contributed by atoms with Gasteiger partial charge in [0.15, 0.2) is 11.5 Å². The number of ether oxygens (including phenoxy) is 3. The van der Waals surface area contributed by atoms with Gasteiger partial charge in [0.1, 0.15) is 5.76 Å². The van der Waals surface area contributed by atoms with Crippen LogP contribution in [0.3, 0.4) is 0 Å². The first-order valence-corrected chi connectivity index (χ1v) is 13.8. The van der Waals surface area contributed by atoms with E-state index in [1.165, 1.54) is 0 Å². The van der Waals surface area contributed by atoms with E-state index in [0.717, 1.165) is 26.1 Å². The maximum Gasteiger partial charge on any atom is 0.295 e. The van der Waals surface area contributed by atoms with Gasteiger partial charge in [-0.3, -0.25) is 14.5 Å². The average Bonchev–Trinajstić information content (AvgIpc) is 3.18. The zero-order valence-electron chi connectivity index (χ0n) is 22.8. The van der Waals surface area contributed by atoms with Crippen LogP contribution in [-0.2, 0) is 14.3 Å². The lowest BCUT2D eigenvalue weighted by atomic mass is 9.95. The third-order valence-electron chi connectivity index (χ3n) is 7.09. The molecule has 2 aromatic rings. The summed E-state index contributed by atoms with van der Waals surface area (Å²) in [4.78, 5) is 30.5. The van der Waals surface area contributed by atoms with Crippen LogP contribution in [0.5, 0.6) is 11.5 Å². The van der Waals surface area contributed by atoms with Crippen LogP contribution >= 0.6 is 11.6 Å². The van der Waals surface area contributed by atoms with Gasteiger partial charge in [-0.15, -0.1) is 0 Å². The van der Waals surface area contributed by atoms with Crippen LogP contribution in [0.4, 0.5) is 0 Å². The number of nitrogens with zero attached hydrogens (tertiary/aromatic N) is 2. The minimum absolute atomic E-state index is 0.0456. The van der Waals surface area contributed by atoms with E-state index < -0.39 is 17.7 Å². The van der Waals surface area contributed by atoms with Crippen molar-refractivity contribution in [2.24, 2.45) is 5.92 Å². The summed E-state index contributed by atoms with van der Waals surface area (Å²) >= 11 is 6.03. The molecule has 0 bridgehead atoms. The van der Waals surface area contributed by atoms with Crippen LogP contribution < -0.4 is 9.47 Å². The van der Waals surface area contributed by atoms with Crippen LogP contribution in [0, 0.1) is 5.92 Å². The molecule has 0 spiro atoms. The third kappa shape index (κ3) is 6.93. The zero-order chi connectivity index (χ0) is 27.9. The number of hydrogen-bond acceptors (Lipinski definition) is 7. The summed E-state index contributed by atoms with van der Waals surface area (Å²) in [6, 6.07) is 11.2. The van der Waals surface area contributed by atoms with Gasteiger partial charge in [0.05, 0.1) is 38.5 Å². The lowest BCUT2D eigenvalue weighted by Crippen LogP contribution is -2.39. The van der Waals surface area contributed by atoms with Gasteiger partial charge in [-0.2, -0.15) is 0 Å². The summed E-state index contributed by atoms with van der Waals surface area (Å²) in [6.07, 6.45) is 1.58. The summed E-state index contributed by atoms with van der Waals surface area (Å²) in [5.41, 5.74) is 1.12. The quantitative estimate of drug-likeness (QED) is 0.239. The van der Waals surface area contributed by atoms with E-state index in [2.05, 4.69) is 18.7 Å². The number of Topliss-reactive ketones (excluding diaryl/α,β-unsaturated/α-hetero) is 1. The Morgan fingerprint density at radius 3 is 2.46 bits per heavy atom. The normalized spacial score (nSPS) is 19.6. The number of carbonyl (C=O) groups is 2. The van der Waals surface area contributed by atoms with E-state index in [1.54, 1.807) is 48.4 Å². The van der Waals surface area contributed by atoms with E-state index in [1.807, 2.05) is 6.07 Å². The molecule has 0 aliphatic carbocycles. The Balaban J connectivity index is 1.68. The molecule has 210 valence electrons. The Kier molecular flexibility index (Phi) is 9.88. The summed E-state index contributed by atoms with van der Waals surface area (Å²) in [6.45, 7) is 9.01. The maximum atomic E-state index is 13.4. The molecule has 0 radical (unpaired) electrons.